The molecule has 1 aliphatic rings. The molecular weight excluding hydrogens is 356 g/mol. The zero-order valence-electron chi connectivity index (χ0n) is 14.2. The van der Waals surface area contributed by atoms with Crippen LogP contribution in [0.1, 0.15) is 28.6 Å². The third-order valence-electron chi connectivity index (χ3n) is 4.36. The van der Waals surface area contributed by atoms with E-state index in [0.717, 1.165) is 18.4 Å². The number of carbonyl (C=O) groups excluding carboxylic acids is 1. The average molecular weight is 379 g/mol. The zero-order chi connectivity index (χ0) is 17.9. The number of hydrogen-bond donors (Lipinski definition) is 0. The summed E-state index contributed by atoms with van der Waals surface area (Å²) in [6.45, 7) is 3.60. The van der Waals surface area contributed by atoms with E-state index in [1.807, 2.05) is 23.6 Å². The topological polar surface area (TPSA) is 57.7 Å². The second-order valence-corrected chi connectivity index (χ2v) is 8.95. The van der Waals surface area contributed by atoms with E-state index in [1.54, 1.807) is 23.1 Å². The Hall–Kier alpha value is -1.70. The number of thiophene rings is 1. The summed E-state index contributed by atoms with van der Waals surface area (Å²) in [5.74, 6) is -0.0176. The van der Waals surface area contributed by atoms with Crippen LogP contribution in [0.25, 0.3) is 0 Å². The Morgan fingerprint density at radius 2 is 1.76 bits per heavy atom. The standard InChI is InChI=1S/C18H22N2O3S2/c1-2-4-15-6-8-16(9-7-15)25(22,23)20-12-10-19(11-13-20)18(21)17-5-3-14-24-17/h3,5-9,14H,2,4,10-13H2,1H3. The molecule has 2 heterocycles. The second kappa shape index (κ2) is 7.68. The SMILES string of the molecule is CCCc1ccc(S(=O)(=O)N2CCN(C(=O)c3cccs3)CC2)cc1. The van der Waals surface area contributed by atoms with Gasteiger partial charge in [-0.15, -0.1) is 11.3 Å². The van der Waals surface area contributed by atoms with Gasteiger partial charge in [-0.2, -0.15) is 4.31 Å². The summed E-state index contributed by atoms with van der Waals surface area (Å²) in [6, 6.07) is 10.8. The Kier molecular flexibility index (Phi) is 5.56. The number of hydrogen-bond acceptors (Lipinski definition) is 4. The van der Waals surface area contributed by atoms with E-state index >= 15 is 0 Å². The fraction of sp³-hybridized carbons (Fsp3) is 0.389. The van der Waals surface area contributed by atoms with Crippen LogP contribution < -0.4 is 0 Å². The van der Waals surface area contributed by atoms with Crippen LogP contribution in [-0.4, -0.2) is 49.7 Å². The molecule has 0 N–H and O–H groups in total. The quantitative estimate of drug-likeness (QED) is 0.804. The molecule has 134 valence electrons. The number of sulfonamides is 1. The van der Waals surface area contributed by atoms with Crippen molar-refractivity contribution in [3.05, 3.63) is 52.2 Å². The first-order valence-corrected chi connectivity index (χ1v) is 10.8. The number of benzene rings is 1. The molecule has 0 unspecified atom stereocenters. The van der Waals surface area contributed by atoms with Gasteiger partial charge in [-0.1, -0.05) is 31.5 Å². The Balaban J connectivity index is 1.66. The summed E-state index contributed by atoms with van der Waals surface area (Å²) in [7, 11) is -3.50. The summed E-state index contributed by atoms with van der Waals surface area (Å²) >= 11 is 1.41. The number of nitrogens with zero attached hydrogens (tertiary/aromatic N) is 2. The molecule has 1 aromatic carbocycles. The minimum atomic E-state index is -3.50. The van der Waals surface area contributed by atoms with Crippen LogP contribution in [0, 0.1) is 0 Å². The van der Waals surface area contributed by atoms with Crippen molar-refractivity contribution in [1.82, 2.24) is 9.21 Å². The lowest BCUT2D eigenvalue weighted by Gasteiger charge is -2.33. The molecule has 0 bridgehead atoms. The highest BCUT2D eigenvalue weighted by molar-refractivity contribution is 7.89. The maximum absolute atomic E-state index is 12.8. The zero-order valence-corrected chi connectivity index (χ0v) is 15.9. The number of rotatable bonds is 5. The minimum absolute atomic E-state index is 0.0176. The van der Waals surface area contributed by atoms with Gasteiger partial charge in [0.2, 0.25) is 10.0 Å². The minimum Gasteiger partial charge on any atom is -0.335 e. The van der Waals surface area contributed by atoms with Crippen molar-refractivity contribution in [3.8, 4) is 0 Å². The van der Waals surface area contributed by atoms with Gasteiger partial charge >= 0.3 is 0 Å². The highest BCUT2D eigenvalue weighted by Gasteiger charge is 2.30. The lowest BCUT2D eigenvalue weighted by molar-refractivity contribution is 0.0703. The first-order chi connectivity index (χ1) is 12.0. The van der Waals surface area contributed by atoms with Crippen molar-refractivity contribution in [2.24, 2.45) is 0 Å². The molecule has 1 aromatic heterocycles. The van der Waals surface area contributed by atoms with Crippen LogP contribution in [0.15, 0.2) is 46.7 Å². The Morgan fingerprint density at radius 1 is 1.08 bits per heavy atom. The van der Waals surface area contributed by atoms with Crippen molar-refractivity contribution >= 4 is 27.3 Å². The molecule has 1 fully saturated rings. The van der Waals surface area contributed by atoms with Crippen LogP contribution in [-0.2, 0) is 16.4 Å². The number of aryl methyl sites for hydroxylation is 1. The highest BCUT2D eigenvalue weighted by atomic mass is 32.2. The van der Waals surface area contributed by atoms with Crippen molar-refractivity contribution in [1.29, 1.82) is 0 Å². The lowest BCUT2D eigenvalue weighted by Crippen LogP contribution is -2.50. The normalized spacial score (nSPS) is 16.1. The number of amides is 1. The molecule has 3 rings (SSSR count). The predicted molar refractivity (Wildman–Crippen MR) is 99.4 cm³/mol. The summed E-state index contributed by atoms with van der Waals surface area (Å²) in [6.07, 6.45) is 1.98. The summed E-state index contributed by atoms with van der Waals surface area (Å²) in [5, 5.41) is 1.87. The molecule has 0 spiro atoms. The van der Waals surface area contributed by atoms with Crippen molar-refractivity contribution in [3.63, 3.8) is 0 Å². The summed E-state index contributed by atoms with van der Waals surface area (Å²) < 4.78 is 27.0. The smallest absolute Gasteiger partial charge is 0.264 e. The van der Waals surface area contributed by atoms with Gasteiger partial charge < -0.3 is 4.90 Å². The van der Waals surface area contributed by atoms with Gasteiger partial charge in [-0.3, -0.25) is 4.79 Å². The molecule has 5 nitrogen and oxygen atoms in total. The third-order valence-corrected chi connectivity index (χ3v) is 7.13. The molecule has 1 amide bonds. The van der Waals surface area contributed by atoms with E-state index in [0.29, 0.717) is 36.0 Å². The van der Waals surface area contributed by atoms with Gasteiger partial charge in [0.15, 0.2) is 0 Å². The van der Waals surface area contributed by atoms with Crippen LogP contribution >= 0.6 is 11.3 Å². The van der Waals surface area contributed by atoms with E-state index in [-0.39, 0.29) is 5.91 Å². The molecular formula is C18H22N2O3S2. The van der Waals surface area contributed by atoms with Gasteiger partial charge in [0, 0.05) is 26.2 Å². The fourth-order valence-corrected chi connectivity index (χ4v) is 5.07. The molecule has 0 radical (unpaired) electrons. The van der Waals surface area contributed by atoms with Gasteiger partial charge in [0.25, 0.3) is 5.91 Å². The average Bonchev–Trinajstić information content (AvgIpc) is 3.17. The van der Waals surface area contributed by atoms with Crippen LogP contribution in [0.2, 0.25) is 0 Å². The first kappa shape index (κ1) is 18.1. The van der Waals surface area contributed by atoms with Gasteiger partial charge in [-0.05, 0) is 35.6 Å². The highest BCUT2D eigenvalue weighted by Crippen LogP contribution is 2.20. The Labute approximate surface area is 152 Å². The maximum atomic E-state index is 12.8. The van der Waals surface area contributed by atoms with Gasteiger partial charge in [0.1, 0.15) is 0 Å². The van der Waals surface area contributed by atoms with Crippen molar-refractivity contribution < 1.29 is 13.2 Å². The molecule has 7 heteroatoms. The van der Waals surface area contributed by atoms with Crippen LogP contribution in [0.5, 0.6) is 0 Å². The predicted octanol–water partition coefficient (Wildman–Crippen LogP) is 2.85. The lowest BCUT2D eigenvalue weighted by atomic mass is 10.1. The van der Waals surface area contributed by atoms with Crippen molar-refractivity contribution in [2.45, 2.75) is 24.7 Å². The fourth-order valence-electron chi connectivity index (χ4n) is 2.95. The molecule has 0 saturated carbocycles. The van der Waals surface area contributed by atoms with Crippen LogP contribution in [0.3, 0.4) is 0 Å². The summed E-state index contributed by atoms with van der Waals surface area (Å²) in [5.41, 5.74) is 1.15. The number of carbonyl (C=O) groups is 1. The summed E-state index contributed by atoms with van der Waals surface area (Å²) in [4.78, 5) is 15.1. The Morgan fingerprint density at radius 3 is 2.32 bits per heavy atom. The van der Waals surface area contributed by atoms with Gasteiger partial charge in [-0.25, -0.2) is 8.42 Å². The number of piperazine rings is 1. The van der Waals surface area contributed by atoms with E-state index in [1.165, 1.54) is 15.6 Å². The van der Waals surface area contributed by atoms with Crippen molar-refractivity contribution in [2.75, 3.05) is 26.2 Å². The van der Waals surface area contributed by atoms with E-state index in [9.17, 15) is 13.2 Å². The first-order valence-electron chi connectivity index (χ1n) is 8.44. The second-order valence-electron chi connectivity index (χ2n) is 6.07. The molecule has 1 saturated heterocycles. The van der Waals surface area contributed by atoms with E-state index < -0.39 is 10.0 Å². The Bertz CT molecular complexity index is 807. The van der Waals surface area contributed by atoms with Gasteiger partial charge in [0.05, 0.1) is 9.77 Å². The van der Waals surface area contributed by atoms with Crippen LogP contribution in [0.4, 0.5) is 0 Å². The molecule has 0 aliphatic carbocycles. The molecule has 1 aliphatic heterocycles. The largest absolute Gasteiger partial charge is 0.335 e. The van der Waals surface area contributed by atoms with E-state index in [4.69, 9.17) is 0 Å². The molecule has 25 heavy (non-hydrogen) atoms. The van der Waals surface area contributed by atoms with E-state index in [2.05, 4.69) is 6.92 Å². The molecule has 0 atom stereocenters. The third kappa shape index (κ3) is 3.94. The monoisotopic (exact) mass is 378 g/mol. The maximum Gasteiger partial charge on any atom is 0.264 e. The molecule has 2 aromatic rings.